The number of carbonyl (C=O) groups excluding carboxylic acids is 1. The van der Waals surface area contributed by atoms with Gasteiger partial charge in [-0.1, -0.05) is 24.3 Å². The first-order valence-electron chi connectivity index (χ1n) is 10.1. The van der Waals surface area contributed by atoms with Crippen LogP contribution in [0.5, 0.6) is 5.75 Å². The predicted octanol–water partition coefficient (Wildman–Crippen LogP) is 4.32. The Kier molecular flexibility index (Phi) is 5.89. The average Bonchev–Trinajstić information content (AvgIpc) is 3.32. The van der Waals surface area contributed by atoms with E-state index in [1.807, 2.05) is 30.3 Å². The van der Waals surface area contributed by atoms with Gasteiger partial charge < -0.3 is 19.0 Å². The van der Waals surface area contributed by atoms with Gasteiger partial charge in [0.05, 0.1) is 19.9 Å². The SMILES string of the molecule is COc1ccc2[nH]c(=O)c(CN(CCc3ccccc3C)C(=O)c3ccco3)cc2c1. The topological polar surface area (TPSA) is 75.5 Å². The standard InChI is InChI=1S/C25H24N2O4/c1-17-6-3-4-7-18(17)11-12-27(25(29)23-8-5-13-31-23)16-20-14-19-15-21(30-2)9-10-22(19)26-24(20)28/h3-10,13-15H,11-12,16H2,1-2H3,(H,26,28). The highest BCUT2D eigenvalue weighted by molar-refractivity contribution is 5.91. The highest BCUT2D eigenvalue weighted by Crippen LogP contribution is 2.20. The molecule has 1 N–H and O–H groups in total. The number of fused-ring (bicyclic) bond motifs is 1. The van der Waals surface area contributed by atoms with Gasteiger partial charge in [0.2, 0.25) is 0 Å². The van der Waals surface area contributed by atoms with Crippen LogP contribution in [0.25, 0.3) is 10.9 Å². The lowest BCUT2D eigenvalue weighted by atomic mass is 10.1. The normalized spacial score (nSPS) is 10.9. The van der Waals surface area contributed by atoms with Crippen LogP contribution in [0, 0.1) is 6.92 Å². The van der Waals surface area contributed by atoms with Crippen LogP contribution in [0.4, 0.5) is 0 Å². The Bertz CT molecular complexity index is 1260. The first kappa shape index (κ1) is 20.5. The molecule has 0 aliphatic rings. The van der Waals surface area contributed by atoms with E-state index < -0.39 is 0 Å². The Morgan fingerprint density at radius 2 is 1.90 bits per heavy atom. The molecule has 0 fully saturated rings. The number of aromatic nitrogens is 1. The van der Waals surface area contributed by atoms with Crippen molar-refractivity contribution in [2.24, 2.45) is 0 Å². The van der Waals surface area contributed by atoms with Crippen LogP contribution in [-0.2, 0) is 13.0 Å². The number of carbonyl (C=O) groups is 1. The zero-order valence-electron chi connectivity index (χ0n) is 17.6. The van der Waals surface area contributed by atoms with Crippen molar-refractivity contribution in [1.82, 2.24) is 9.88 Å². The molecule has 0 bridgehead atoms. The van der Waals surface area contributed by atoms with Gasteiger partial charge in [-0.2, -0.15) is 0 Å². The van der Waals surface area contributed by atoms with E-state index in [1.165, 1.54) is 11.8 Å². The molecule has 4 aromatic rings. The number of aromatic amines is 1. The maximum absolute atomic E-state index is 13.1. The summed E-state index contributed by atoms with van der Waals surface area (Å²) in [5, 5.41) is 0.846. The van der Waals surface area contributed by atoms with Crippen molar-refractivity contribution in [3.05, 3.63) is 99.7 Å². The van der Waals surface area contributed by atoms with Crippen molar-refractivity contribution in [3.63, 3.8) is 0 Å². The summed E-state index contributed by atoms with van der Waals surface area (Å²) in [5.74, 6) is 0.709. The van der Waals surface area contributed by atoms with Gasteiger partial charge in [0, 0.05) is 23.0 Å². The smallest absolute Gasteiger partial charge is 0.289 e. The number of methoxy groups -OCH3 is 1. The highest BCUT2D eigenvalue weighted by atomic mass is 16.5. The van der Waals surface area contributed by atoms with Crippen LogP contribution >= 0.6 is 0 Å². The van der Waals surface area contributed by atoms with Crippen LogP contribution in [0.15, 0.2) is 76.1 Å². The van der Waals surface area contributed by atoms with Gasteiger partial charge in [-0.25, -0.2) is 0 Å². The molecule has 4 rings (SSSR count). The summed E-state index contributed by atoms with van der Waals surface area (Å²) >= 11 is 0. The van der Waals surface area contributed by atoms with Crippen molar-refractivity contribution in [1.29, 1.82) is 0 Å². The Labute approximate surface area is 180 Å². The van der Waals surface area contributed by atoms with Crippen LogP contribution in [-0.4, -0.2) is 29.4 Å². The van der Waals surface area contributed by atoms with E-state index in [-0.39, 0.29) is 23.8 Å². The molecular weight excluding hydrogens is 392 g/mol. The quantitative estimate of drug-likeness (QED) is 0.487. The summed E-state index contributed by atoms with van der Waals surface area (Å²) in [7, 11) is 1.60. The van der Waals surface area contributed by atoms with Crippen molar-refractivity contribution in [2.75, 3.05) is 13.7 Å². The Morgan fingerprint density at radius 3 is 2.65 bits per heavy atom. The number of pyridine rings is 1. The molecule has 0 aliphatic heterocycles. The van der Waals surface area contributed by atoms with Gasteiger partial charge in [0.15, 0.2) is 5.76 Å². The van der Waals surface area contributed by atoms with E-state index in [0.717, 1.165) is 16.5 Å². The number of aryl methyl sites for hydroxylation is 1. The molecule has 0 saturated heterocycles. The van der Waals surface area contributed by atoms with Gasteiger partial charge >= 0.3 is 0 Å². The molecule has 0 unspecified atom stereocenters. The summed E-state index contributed by atoms with van der Waals surface area (Å²) in [6.07, 6.45) is 2.15. The number of nitrogens with one attached hydrogen (secondary N) is 1. The number of benzene rings is 2. The van der Waals surface area contributed by atoms with Gasteiger partial charge in [0.1, 0.15) is 5.75 Å². The maximum atomic E-state index is 13.1. The van der Waals surface area contributed by atoms with E-state index in [2.05, 4.69) is 24.0 Å². The van der Waals surface area contributed by atoms with E-state index in [0.29, 0.717) is 24.3 Å². The average molecular weight is 416 g/mol. The number of rotatable bonds is 7. The highest BCUT2D eigenvalue weighted by Gasteiger charge is 2.20. The van der Waals surface area contributed by atoms with Crippen LogP contribution in [0.2, 0.25) is 0 Å². The van der Waals surface area contributed by atoms with E-state index in [9.17, 15) is 9.59 Å². The van der Waals surface area contributed by atoms with Crippen LogP contribution in [0.3, 0.4) is 0 Å². The molecule has 0 spiro atoms. The second-order valence-corrected chi connectivity index (χ2v) is 7.46. The zero-order valence-corrected chi connectivity index (χ0v) is 17.6. The van der Waals surface area contributed by atoms with Crippen molar-refractivity contribution in [3.8, 4) is 5.75 Å². The molecule has 1 amide bonds. The number of hydrogen-bond acceptors (Lipinski definition) is 4. The minimum Gasteiger partial charge on any atom is -0.497 e. The molecule has 2 heterocycles. The van der Waals surface area contributed by atoms with Crippen molar-refractivity contribution in [2.45, 2.75) is 19.9 Å². The first-order valence-corrected chi connectivity index (χ1v) is 10.1. The molecule has 2 aromatic carbocycles. The largest absolute Gasteiger partial charge is 0.497 e. The number of amides is 1. The molecule has 0 aliphatic carbocycles. The summed E-state index contributed by atoms with van der Waals surface area (Å²) in [4.78, 5) is 30.4. The zero-order chi connectivity index (χ0) is 21.8. The molecule has 0 atom stereocenters. The number of ether oxygens (including phenoxy) is 1. The molecular formula is C25H24N2O4. The molecule has 2 aromatic heterocycles. The van der Waals surface area contributed by atoms with Gasteiger partial charge in [-0.15, -0.1) is 0 Å². The van der Waals surface area contributed by atoms with Gasteiger partial charge in [0.25, 0.3) is 11.5 Å². The minimum absolute atomic E-state index is 0.175. The maximum Gasteiger partial charge on any atom is 0.289 e. The van der Waals surface area contributed by atoms with Crippen LogP contribution < -0.4 is 10.3 Å². The summed E-state index contributed by atoms with van der Waals surface area (Å²) in [6, 6.07) is 18.7. The monoisotopic (exact) mass is 416 g/mol. The fourth-order valence-corrected chi connectivity index (χ4v) is 3.63. The van der Waals surface area contributed by atoms with Crippen LogP contribution in [0.1, 0.15) is 27.2 Å². The summed E-state index contributed by atoms with van der Waals surface area (Å²) in [5.41, 5.74) is 3.34. The molecule has 0 saturated carbocycles. The lowest BCUT2D eigenvalue weighted by Crippen LogP contribution is -2.34. The third-order valence-electron chi connectivity index (χ3n) is 5.42. The number of furan rings is 1. The minimum atomic E-state index is -0.247. The third kappa shape index (κ3) is 4.53. The fraction of sp³-hybridized carbons (Fsp3) is 0.200. The van der Waals surface area contributed by atoms with Crippen molar-refractivity contribution >= 4 is 16.8 Å². The van der Waals surface area contributed by atoms with E-state index in [4.69, 9.17) is 9.15 Å². The second kappa shape index (κ2) is 8.92. The molecule has 6 heteroatoms. The van der Waals surface area contributed by atoms with Crippen molar-refractivity contribution < 1.29 is 13.9 Å². The van der Waals surface area contributed by atoms with E-state index in [1.54, 1.807) is 30.2 Å². The summed E-state index contributed by atoms with van der Waals surface area (Å²) in [6.45, 7) is 2.68. The lowest BCUT2D eigenvalue weighted by molar-refractivity contribution is 0.0712. The predicted molar refractivity (Wildman–Crippen MR) is 119 cm³/mol. The van der Waals surface area contributed by atoms with E-state index >= 15 is 0 Å². The lowest BCUT2D eigenvalue weighted by Gasteiger charge is -2.22. The number of hydrogen-bond donors (Lipinski definition) is 1. The molecule has 0 radical (unpaired) electrons. The second-order valence-electron chi connectivity index (χ2n) is 7.46. The Hall–Kier alpha value is -3.80. The molecule has 6 nitrogen and oxygen atoms in total. The third-order valence-corrected chi connectivity index (χ3v) is 5.42. The Morgan fingerprint density at radius 1 is 1.06 bits per heavy atom. The first-order chi connectivity index (χ1) is 15.0. The Balaban J connectivity index is 1.65. The number of nitrogens with zero attached hydrogens (tertiary/aromatic N) is 1. The van der Waals surface area contributed by atoms with Gasteiger partial charge in [-0.05, 0) is 60.9 Å². The summed E-state index contributed by atoms with van der Waals surface area (Å²) < 4.78 is 10.6. The number of H-pyrrole nitrogens is 1. The van der Waals surface area contributed by atoms with Gasteiger partial charge in [-0.3, -0.25) is 9.59 Å². The fourth-order valence-electron chi connectivity index (χ4n) is 3.63. The molecule has 31 heavy (non-hydrogen) atoms. The molecule has 158 valence electrons.